The Morgan fingerprint density at radius 3 is 1.42 bits per heavy atom. The molecule has 7 nitrogen and oxygen atoms in total. The number of carbonyl (C=O) groups is 2. The van der Waals surface area contributed by atoms with Crippen molar-refractivity contribution in [3.8, 4) is 11.5 Å². The van der Waals surface area contributed by atoms with E-state index in [0.717, 1.165) is 6.42 Å². The van der Waals surface area contributed by atoms with Crippen molar-refractivity contribution in [1.82, 2.24) is 0 Å². The zero-order valence-electron chi connectivity index (χ0n) is 24.9. The van der Waals surface area contributed by atoms with Gasteiger partial charge in [0.05, 0.1) is 32.0 Å². The highest BCUT2D eigenvalue weighted by Crippen LogP contribution is 2.39. The molecule has 4 atom stereocenters. The molecule has 2 aliphatic rings. The van der Waals surface area contributed by atoms with E-state index in [4.69, 9.17) is 23.7 Å². The number of hydrogen-bond donors (Lipinski definition) is 0. The highest BCUT2D eigenvalue weighted by molar-refractivity contribution is 5.90. The molecule has 0 aromatic heterocycles. The highest BCUT2D eigenvalue weighted by Gasteiger charge is 2.49. The van der Waals surface area contributed by atoms with Crippen LogP contribution in [0.25, 0.3) is 0 Å². The molecule has 0 bridgehead atoms. The fourth-order valence-electron chi connectivity index (χ4n) is 4.03. The predicted octanol–water partition coefficient (Wildman–Crippen LogP) is 7.37. The molecule has 0 N–H and O–H groups in total. The highest BCUT2D eigenvalue weighted by atomic mass is 16.6. The summed E-state index contributed by atoms with van der Waals surface area (Å²) in [4.78, 5) is 24.9. The summed E-state index contributed by atoms with van der Waals surface area (Å²) in [7, 11) is 3.14. The fourth-order valence-corrected chi connectivity index (χ4v) is 4.03. The smallest absolute Gasteiger partial charge is 0.338 e. The van der Waals surface area contributed by atoms with E-state index >= 15 is 0 Å². The van der Waals surface area contributed by atoms with E-state index in [1.54, 1.807) is 62.8 Å². The van der Waals surface area contributed by atoms with Gasteiger partial charge in [-0.25, -0.2) is 9.59 Å². The van der Waals surface area contributed by atoms with Crippen LogP contribution in [0.5, 0.6) is 11.5 Å². The minimum Gasteiger partial charge on any atom is -0.497 e. The van der Waals surface area contributed by atoms with Gasteiger partial charge in [-0.15, -0.1) is 0 Å². The molecular weight excluding hydrogens is 484 g/mol. The molecule has 2 aromatic carbocycles. The number of fused-ring (bicyclic) bond motifs is 1. The molecular formula is C31H48O7. The van der Waals surface area contributed by atoms with Gasteiger partial charge in [0, 0.05) is 5.92 Å². The van der Waals surface area contributed by atoms with Gasteiger partial charge in [-0.1, -0.05) is 55.4 Å². The number of hydrogen-bond acceptors (Lipinski definition) is 7. The fraction of sp³-hybridized carbons (Fsp3) is 0.548. The van der Waals surface area contributed by atoms with Gasteiger partial charge in [-0.3, -0.25) is 0 Å². The summed E-state index contributed by atoms with van der Waals surface area (Å²) in [5, 5.41) is 0. The average molecular weight is 533 g/mol. The van der Waals surface area contributed by atoms with Crippen molar-refractivity contribution in [3.05, 3.63) is 59.7 Å². The van der Waals surface area contributed by atoms with Crippen LogP contribution in [0.1, 0.15) is 88.9 Å². The zero-order chi connectivity index (χ0) is 29.1. The van der Waals surface area contributed by atoms with Crippen LogP contribution in [0, 0.1) is 5.92 Å². The standard InChI is InChI=1S/C23H24O7.4C2H6/c1-26-16-7-3-14(4-8-16)22(24)29-19-12-11-18-20(13-28-21(18)19)30-23(25)15-5-9-17(27-2)10-6-15;4*1-2/h3-10,18-21H,11-13H2,1-2H3;4*1-2H3/t18-,19?,20?,21+;;;;/m1..../s1. The van der Waals surface area contributed by atoms with Crippen molar-refractivity contribution in [2.45, 2.75) is 86.5 Å². The van der Waals surface area contributed by atoms with Gasteiger partial charge < -0.3 is 23.7 Å². The molecule has 1 saturated heterocycles. The number of rotatable bonds is 6. The first-order valence-electron chi connectivity index (χ1n) is 13.9. The van der Waals surface area contributed by atoms with Crippen molar-refractivity contribution in [2.75, 3.05) is 20.8 Å². The van der Waals surface area contributed by atoms with Gasteiger partial charge in [-0.05, 0) is 61.4 Å². The summed E-state index contributed by atoms with van der Waals surface area (Å²) in [5.74, 6) is 0.568. The first-order chi connectivity index (χ1) is 18.6. The number of methoxy groups -OCH3 is 2. The van der Waals surface area contributed by atoms with Crippen LogP contribution in [-0.4, -0.2) is 51.1 Å². The van der Waals surface area contributed by atoms with Crippen LogP contribution < -0.4 is 9.47 Å². The lowest BCUT2D eigenvalue weighted by Crippen LogP contribution is -2.31. The first-order valence-corrected chi connectivity index (χ1v) is 13.9. The molecule has 2 aromatic rings. The lowest BCUT2D eigenvalue weighted by molar-refractivity contribution is -0.0234. The van der Waals surface area contributed by atoms with E-state index in [2.05, 4.69) is 0 Å². The quantitative estimate of drug-likeness (QED) is 0.359. The molecule has 1 saturated carbocycles. The normalized spacial score (nSPS) is 20.2. The maximum absolute atomic E-state index is 12.5. The molecule has 0 radical (unpaired) electrons. The van der Waals surface area contributed by atoms with Crippen molar-refractivity contribution in [1.29, 1.82) is 0 Å². The monoisotopic (exact) mass is 532 g/mol. The van der Waals surface area contributed by atoms with Crippen LogP contribution in [0.3, 0.4) is 0 Å². The van der Waals surface area contributed by atoms with Gasteiger partial charge in [0.2, 0.25) is 0 Å². The third-order valence-corrected chi connectivity index (χ3v) is 5.67. The predicted molar refractivity (Wildman–Crippen MR) is 152 cm³/mol. The Morgan fingerprint density at radius 1 is 0.632 bits per heavy atom. The Balaban J connectivity index is 0.00000157. The van der Waals surface area contributed by atoms with E-state index in [0.29, 0.717) is 35.7 Å². The third-order valence-electron chi connectivity index (χ3n) is 5.67. The Bertz CT molecular complexity index is 818. The topological polar surface area (TPSA) is 80.3 Å². The van der Waals surface area contributed by atoms with E-state index < -0.39 is 11.9 Å². The van der Waals surface area contributed by atoms with Gasteiger partial charge in [-0.2, -0.15) is 0 Å². The average Bonchev–Trinajstić information content (AvgIpc) is 3.60. The SMILES string of the molecule is CC.CC.CC.CC.COc1ccc(C(=O)OC2CO[C@@H]3C(OC(=O)c4ccc(OC)cc4)CC[C@H]23)cc1. The number of esters is 2. The summed E-state index contributed by atoms with van der Waals surface area (Å²) in [6.45, 7) is 16.3. The maximum Gasteiger partial charge on any atom is 0.338 e. The van der Waals surface area contributed by atoms with Crippen LogP contribution >= 0.6 is 0 Å². The number of benzene rings is 2. The molecule has 7 heteroatoms. The molecule has 1 heterocycles. The molecule has 1 aliphatic carbocycles. The Hall–Kier alpha value is -3.06. The zero-order valence-corrected chi connectivity index (χ0v) is 24.9. The molecule has 0 amide bonds. The van der Waals surface area contributed by atoms with Crippen molar-refractivity contribution >= 4 is 11.9 Å². The first kappa shape index (κ1) is 34.9. The minimum atomic E-state index is -0.398. The van der Waals surface area contributed by atoms with Crippen LogP contribution in [0.15, 0.2) is 48.5 Å². The Labute approximate surface area is 229 Å². The van der Waals surface area contributed by atoms with Gasteiger partial charge in [0.15, 0.2) is 0 Å². The molecule has 4 rings (SSSR count). The molecule has 38 heavy (non-hydrogen) atoms. The van der Waals surface area contributed by atoms with E-state index in [9.17, 15) is 9.59 Å². The van der Waals surface area contributed by atoms with Gasteiger partial charge >= 0.3 is 11.9 Å². The maximum atomic E-state index is 12.5. The van der Waals surface area contributed by atoms with Crippen molar-refractivity contribution in [2.24, 2.45) is 5.92 Å². The lowest BCUT2D eigenvalue weighted by Gasteiger charge is -2.19. The summed E-state index contributed by atoms with van der Waals surface area (Å²) in [6.07, 6.45) is 0.476. The number of ether oxygens (including phenoxy) is 5. The van der Waals surface area contributed by atoms with Crippen LogP contribution in [0.2, 0.25) is 0 Å². The van der Waals surface area contributed by atoms with Crippen molar-refractivity contribution in [3.63, 3.8) is 0 Å². The van der Waals surface area contributed by atoms with E-state index in [1.165, 1.54) is 0 Å². The van der Waals surface area contributed by atoms with Crippen molar-refractivity contribution < 1.29 is 33.3 Å². The van der Waals surface area contributed by atoms with Gasteiger partial charge in [0.25, 0.3) is 0 Å². The van der Waals surface area contributed by atoms with E-state index in [1.807, 2.05) is 55.4 Å². The summed E-state index contributed by atoms with van der Waals surface area (Å²) in [5.41, 5.74) is 0.916. The van der Waals surface area contributed by atoms with Gasteiger partial charge in [0.1, 0.15) is 29.8 Å². The second kappa shape index (κ2) is 20.0. The summed E-state index contributed by atoms with van der Waals surface area (Å²) >= 11 is 0. The Kier molecular flexibility index (Phi) is 18.4. The largest absolute Gasteiger partial charge is 0.497 e. The second-order valence-electron chi connectivity index (χ2n) is 7.38. The summed E-state index contributed by atoms with van der Waals surface area (Å²) in [6, 6.07) is 13.5. The molecule has 0 spiro atoms. The Morgan fingerprint density at radius 2 is 1.03 bits per heavy atom. The number of carbonyl (C=O) groups excluding carboxylic acids is 2. The van der Waals surface area contributed by atoms with Crippen LogP contribution in [0.4, 0.5) is 0 Å². The summed E-state index contributed by atoms with van der Waals surface area (Å²) < 4.78 is 27.4. The van der Waals surface area contributed by atoms with Crippen LogP contribution in [-0.2, 0) is 14.2 Å². The van der Waals surface area contributed by atoms with E-state index in [-0.39, 0.29) is 24.2 Å². The minimum absolute atomic E-state index is 0.0147. The molecule has 1 aliphatic heterocycles. The molecule has 2 fully saturated rings. The second-order valence-corrected chi connectivity index (χ2v) is 7.38. The molecule has 2 unspecified atom stereocenters. The molecule has 214 valence electrons. The lowest BCUT2D eigenvalue weighted by atomic mass is 10.0. The third kappa shape index (κ3) is 9.67.